The summed E-state index contributed by atoms with van der Waals surface area (Å²) >= 11 is 0. The summed E-state index contributed by atoms with van der Waals surface area (Å²) in [5.74, 6) is -0.297. The molecule has 1 aromatic carbocycles. The van der Waals surface area contributed by atoms with Crippen molar-refractivity contribution in [1.82, 2.24) is 24.1 Å². The minimum atomic E-state index is -0.297. The van der Waals surface area contributed by atoms with Crippen molar-refractivity contribution in [1.29, 1.82) is 0 Å². The molecular weight excluding hydrogens is 321 g/mol. The first-order chi connectivity index (χ1) is 12.2. The molecule has 0 amide bonds. The molecule has 6 nitrogen and oxygen atoms in total. The van der Waals surface area contributed by atoms with Crippen molar-refractivity contribution in [2.75, 3.05) is 0 Å². The predicted molar refractivity (Wildman–Crippen MR) is 90.7 cm³/mol. The summed E-state index contributed by atoms with van der Waals surface area (Å²) < 4.78 is 16.7. The van der Waals surface area contributed by atoms with Gasteiger partial charge in [-0.2, -0.15) is 5.10 Å². The van der Waals surface area contributed by atoms with E-state index in [1.165, 1.54) is 22.8 Å². The molecule has 3 aromatic heterocycles. The number of hydrogen-bond acceptors (Lipinski definition) is 4. The van der Waals surface area contributed by atoms with E-state index in [0.29, 0.717) is 29.3 Å². The van der Waals surface area contributed by atoms with Crippen molar-refractivity contribution in [3.8, 4) is 22.6 Å². The van der Waals surface area contributed by atoms with Crippen molar-refractivity contribution < 1.29 is 9.18 Å². The largest absolute Gasteiger partial charge is 0.329 e. The van der Waals surface area contributed by atoms with Gasteiger partial charge in [0.25, 0.3) is 0 Å². The van der Waals surface area contributed by atoms with Crippen molar-refractivity contribution in [3.05, 3.63) is 60.4 Å². The van der Waals surface area contributed by atoms with Gasteiger partial charge in [-0.25, -0.2) is 18.9 Å². The third kappa shape index (κ3) is 2.50. The van der Waals surface area contributed by atoms with Crippen LogP contribution in [0.2, 0.25) is 0 Å². The zero-order chi connectivity index (χ0) is 17.4. The second-order valence-electron chi connectivity index (χ2n) is 5.52. The Hall–Kier alpha value is -3.35. The van der Waals surface area contributed by atoms with Gasteiger partial charge in [-0.15, -0.1) is 0 Å². The smallest absolute Gasteiger partial charge is 0.170 e. The summed E-state index contributed by atoms with van der Waals surface area (Å²) in [7, 11) is 0. The lowest BCUT2D eigenvalue weighted by Gasteiger charge is -2.08. The Labute approximate surface area is 142 Å². The van der Waals surface area contributed by atoms with Crippen LogP contribution < -0.4 is 0 Å². The Bertz CT molecular complexity index is 1060. The summed E-state index contributed by atoms with van der Waals surface area (Å²) in [6.45, 7) is 2.71. The van der Waals surface area contributed by atoms with Crippen LogP contribution in [-0.4, -0.2) is 30.4 Å². The fourth-order valence-corrected chi connectivity index (χ4v) is 2.81. The van der Waals surface area contributed by atoms with E-state index >= 15 is 0 Å². The van der Waals surface area contributed by atoms with E-state index in [0.717, 1.165) is 17.5 Å². The average Bonchev–Trinajstić information content (AvgIpc) is 3.25. The number of aldehydes is 1. The first kappa shape index (κ1) is 15.2. The average molecular weight is 335 g/mol. The molecule has 0 saturated carbocycles. The van der Waals surface area contributed by atoms with Crippen molar-refractivity contribution in [3.63, 3.8) is 0 Å². The first-order valence-electron chi connectivity index (χ1n) is 7.82. The van der Waals surface area contributed by atoms with Crippen LogP contribution in [-0.2, 0) is 6.54 Å². The number of carbonyl (C=O) groups is 1. The van der Waals surface area contributed by atoms with Crippen LogP contribution >= 0.6 is 0 Å². The lowest BCUT2D eigenvalue weighted by atomic mass is 10.1. The first-order valence-corrected chi connectivity index (χ1v) is 7.82. The van der Waals surface area contributed by atoms with Gasteiger partial charge in [0.1, 0.15) is 17.2 Å². The number of benzene rings is 1. The van der Waals surface area contributed by atoms with E-state index in [1.54, 1.807) is 24.5 Å². The van der Waals surface area contributed by atoms with Gasteiger partial charge < -0.3 is 4.57 Å². The minimum absolute atomic E-state index is 0.297. The third-order valence-corrected chi connectivity index (χ3v) is 4.05. The SMILES string of the molecule is CCn1cnc(-c2ccc(F)cc2)c1-c1ccc2ncc(C=O)n2n1. The highest BCUT2D eigenvalue weighted by Crippen LogP contribution is 2.30. The van der Waals surface area contributed by atoms with Crippen LogP contribution in [0.1, 0.15) is 17.4 Å². The van der Waals surface area contributed by atoms with Gasteiger partial charge in [0.2, 0.25) is 0 Å². The molecule has 0 aliphatic rings. The highest BCUT2D eigenvalue weighted by atomic mass is 19.1. The standard InChI is InChI=1S/C18H14FN5O/c1-2-23-11-21-17(12-3-5-13(19)6-4-12)18(23)15-7-8-16-20-9-14(10-25)24(16)22-15/h3-11H,2H2,1H3. The number of carbonyl (C=O) groups excluding carboxylic acids is 1. The van der Waals surface area contributed by atoms with E-state index in [2.05, 4.69) is 15.1 Å². The number of imidazole rings is 2. The molecule has 25 heavy (non-hydrogen) atoms. The highest BCUT2D eigenvalue weighted by molar-refractivity contribution is 5.78. The maximum Gasteiger partial charge on any atom is 0.170 e. The molecule has 0 radical (unpaired) electrons. The Balaban J connectivity index is 1.93. The molecule has 0 unspecified atom stereocenters. The zero-order valence-corrected chi connectivity index (χ0v) is 13.4. The normalized spacial score (nSPS) is 11.1. The topological polar surface area (TPSA) is 65.1 Å². The molecule has 0 atom stereocenters. The fraction of sp³-hybridized carbons (Fsp3) is 0.111. The number of hydrogen-bond donors (Lipinski definition) is 0. The molecule has 0 aliphatic heterocycles. The molecule has 0 bridgehead atoms. The Kier molecular flexibility index (Phi) is 3.61. The summed E-state index contributed by atoms with van der Waals surface area (Å²) in [5, 5.41) is 4.55. The van der Waals surface area contributed by atoms with Crippen LogP contribution in [0.15, 0.2) is 48.9 Å². The number of aryl methyl sites for hydroxylation is 1. The van der Waals surface area contributed by atoms with Gasteiger partial charge in [0.05, 0.1) is 23.9 Å². The molecule has 0 aliphatic carbocycles. The molecule has 124 valence electrons. The second-order valence-corrected chi connectivity index (χ2v) is 5.52. The van der Waals surface area contributed by atoms with Gasteiger partial charge in [0.15, 0.2) is 11.9 Å². The molecule has 0 N–H and O–H groups in total. The van der Waals surface area contributed by atoms with E-state index in [1.807, 2.05) is 17.6 Å². The number of halogens is 1. The van der Waals surface area contributed by atoms with E-state index in [9.17, 15) is 9.18 Å². The monoisotopic (exact) mass is 335 g/mol. The summed E-state index contributed by atoms with van der Waals surface area (Å²) in [4.78, 5) is 19.8. The maximum absolute atomic E-state index is 13.2. The molecule has 0 fully saturated rings. The second kappa shape index (κ2) is 5.94. The van der Waals surface area contributed by atoms with E-state index in [-0.39, 0.29) is 5.82 Å². The summed E-state index contributed by atoms with van der Waals surface area (Å²) in [5.41, 5.74) is 3.95. The van der Waals surface area contributed by atoms with Crippen molar-refractivity contribution in [2.24, 2.45) is 0 Å². The van der Waals surface area contributed by atoms with Gasteiger partial charge >= 0.3 is 0 Å². The Morgan fingerprint density at radius 1 is 1.12 bits per heavy atom. The van der Waals surface area contributed by atoms with Crippen LogP contribution in [0, 0.1) is 5.82 Å². The summed E-state index contributed by atoms with van der Waals surface area (Å²) in [6, 6.07) is 9.83. The molecule has 7 heteroatoms. The molecular formula is C18H14FN5O. The number of nitrogens with zero attached hydrogens (tertiary/aromatic N) is 5. The van der Waals surface area contributed by atoms with Crippen molar-refractivity contribution in [2.45, 2.75) is 13.5 Å². The van der Waals surface area contributed by atoms with Crippen LogP contribution in [0.25, 0.3) is 28.3 Å². The van der Waals surface area contributed by atoms with Gasteiger partial charge in [-0.1, -0.05) is 0 Å². The van der Waals surface area contributed by atoms with Crippen LogP contribution in [0.5, 0.6) is 0 Å². The maximum atomic E-state index is 13.2. The van der Waals surface area contributed by atoms with Crippen molar-refractivity contribution >= 4 is 11.9 Å². The minimum Gasteiger partial charge on any atom is -0.329 e. The molecule has 0 spiro atoms. The molecule has 0 saturated heterocycles. The Morgan fingerprint density at radius 2 is 1.92 bits per heavy atom. The predicted octanol–water partition coefficient (Wildman–Crippen LogP) is 3.23. The van der Waals surface area contributed by atoms with Gasteiger partial charge in [0, 0.05) is 12.1 Å². The molecule has 4 rings (SSSR count). The fourth-order valence-electron chi connectivity index (χ4n) is 2.81. The number of fused-ring (bicyclic) bond motifs is 1. The highest BCUT2D eigenvalue weighted by Gasteiger charge is 2.17. The van der Waals surface area contributed by atoms with E-state index in [4.69, 9.17) is 0 Å². The quantitative estimate of drug-likeness (QED) is 0.537. The molecule has 4 aromatic rings. The lowest BCUT2D eigenvalue weighted by molar-refractivity contribution is 0.111. The molecule has 3 heterocycles. The lowest BCUT2D eigenvalue weighted by Crippen LogP contribution is -2.03. The summed E-state index contributed by atoms with van der Waals surface area (Å²) in [6.07, 6.45) is 3.93. The third-order valence-electron chi connectivity index (χ3n) is 4.05. The van der Waals surface area contributed by atoms with Gasteiger partial charge in [-0.3, -0.25) is 4.79 Å². The number of rotatable bonds is 4. The van der Waals surface area contributed by atoms with E-state index < -0.39 is 0 Å². The van der Waals surface area contributed by atoms with Crippen LogP contribution in [0.3, 0.4) is 0 Å². The Morgan fingerprint density at radius 3 is 2.64 bits per heavy atom. The van der Waals surface area contributed by atoms with Gasteiger partial charge in [-0.05, 0) is 43.3 Å². The van der Waals surface area contributed by atoms with Crippen LogP contribution in [0.4, 0.5) is 4.39 Å². The zero-order valence-electron chi connectivity index (χ0n) is 13.4. The number of aromatic nitrogens is 5.